The van der Waals surface area contributed by atoms with Crippen LogP contribution in [-0.4, -0.2) is 37.2 Å². The molecule has 0 saturated carbocycles. The van der Waals surface area contributed by atoms with Gasteiger partial charge >= 0.3 is 17.9 Å². The molecule has 67 heavy (non-hydrogen) atoms. The van der Waals surface area contributed by atoms with Gasteiger partial charge in [-0.25, -0.2) is 0 Å². The molecule has 0 bridgehead atoms. The Hall–Kier alpha value is -3.15. The van der Waals surface area contributed by atoms with Gasteiger partial charge in [0.05, 0.1) is 0 Å². The lowest BCUT2D eigenvalue weighted by Crippen LogP contribution is -2.30. The van der Waals surface area contributed by atoms with Crippen molar-refractivity contribution in [1.82, 2.24) is 0 Å². The number of esters is 3. The zero-order valence-corrected chi connectivity index (χ0v) is 44.2. The Morgan fingerprint density at radius 3 is 0.910 bits per heavy atom. The Labute approximate surface area is 414 Å². The Balaban J connectivity index is 4.10. The SMILES string of the molecule is CC/C=C\C/C=C\C/C=C\C/C=C\C/C=C\C/C=C\CCCCCCCCCCC(=O)OCC(COC(=O)CCCCCCC)OC(=O)CCCCCCCCCCCCCCCCCCC. The zero-order chi connectivity index (χ0) is 48.6. The first kappa shape index (κ1) is 63.8. The third-order valence-corrected chi connectivity index (χ3v) is 12.2. The zero-order valence-electron chi connectivity index (χ0n) is 44.2. The van der Waals surface area contributed by atoms with Crippen molar-refractivity contribution in [2.24, 2.45) is 0 Å². The summed E-state index contributed by atoms with van der Waals surface area (Å²) in [6, 6.07) is 0. The fourth-order valence-electron chi connectivity index (χ4n) is 7.98. The Bertz CT molecular complexity index is 1260. The molecule has 0 N–H and O–H groups in total. The topological polar surface area (TPSA) is 78.9 Å². The molecule has 0 saturated heterocycles. The van der Waals surface area contributed by atoms with E-state index in [2.05, 4.69) is 93.7 Å². The molecule has 0 amide bonds. The van der Waals surface area contributed by atoms with Crippen molar-refractivity contribution < 1.29 is 28.6 Å². The van der Waals surface area contributed by atoms with Crippen LogP contribution in [-0.2, 0) is 28.6 Å². The lowest BCUT2D eigenvalue weighted by molar-refractivity contribution is -0.167. The second-order valence-corrected chi connectivity index (χ2v) is 18.8. The number of allylic oxidation sites excluding steroid dienone is 12. The van der Waals surface area contributed by atoms with E-state index in [0.717, 1.165) is 109 Å². The van der Waals surface area contributed by atoms with Crippen LogP contribution in [0.15, 0.2) is 72.9 Å². The van der Waals surface area contributed by atoms with Gasteiger partial charge in [0.25, 0.3) is 0 Å². The average Bonchev–Trinajstić information content (AvgIpc) is 3.33. The standard InChI is InChI=1S/C61H106O6/c1-4-7-10-13-15-17-19-21-23-25-26-27-28-29-30-31-32-33-34-36-37-39-41-43-45-48-51-54-60(63)66-57-58(56-65-59(62)53-50-47-12-9-6-3)67-61(64)55-52-49-46-44-42-40-38-35-24-22-20-18-16-14-11-8-5-2/h7,10,15,17,21,23,26-27,29-30,32-33,58H,4-6,8-9,11-14,16,18-20,22,24-25,28,31,34-57H2,1-3H3/b10-7-,17-15-,23-21-,27-26-,30-29-,33-32-. The maximum atomic E-state index is 12.8. The van der Waals surface area contributed by atoms with Gasteiger partial charge in [-0.05, 0) is 70.6 Å². The maximum absolute atomic E-state index is 12.8. The van der Waals surface area contributed by atoms with E-state index in [-0.39, 0.29) is 31.1 Å². The quantitative estimate of drug-likeness (QED) is 0.0262. The largest absolute Gasteiger partial charge is 0.462 e. The number of rotatable bonds is 51. The third-order valence-electron chi connectivity index (χ3n) is 12.2. The number of carbonyl (C=O) groups excluding carboxylic acids is 3. The third kappa shape index (κ3) is 53.7. The molecular formula is C61H106O6. The van der Waals surface area contributed by atoms with Gasteiger partial charge in [-0.1, -0.05) is 261 Å². The molecule has 0 radical (unpaired) electrons. The second-order valence-electron chi connectivity index (χ2n) is 18.8. The number of hydrogen-bond acceptors (Lipinski definition) is 6. The second kappa shape index (κ2) is 55.4. The minimum Gasteiger partial charge on any atom is -0.462 e. The van der Waals surface area contributed by atoms with Crippen molar-refractivity contribution in [3.63, 3.8) is 0 Å². The van der Waals surface area contributed by atoms with Gasteiger partial charge in [0.2, 0.25) is 0 Å². The highest BCUT2D eigenvalue weighted by Gasteiger charge is 2.19. The van der Waals surface area contributed by atoms with E-state index < -0.39 is 6.10 Å². The van der Waals surface area contributed by atoms with Gasteiger partial charge in [-0.15, -0.1) is 0 Å². The summed E-state index contributed by atoms with van der Waals surface area (Å²) in [6.07, 6.45) is 70.8. The molecule has 0 fully saturated rings. The van der Waals surface area contributed by atoms with E-state index in [9.17, 15) is 14.4 Å². The molecule has 1 atom stereocenters. The van der Waals surface area contributed by atoms with Gasteiger partial charge in [0.15, 0.2) is 6.10 Å². The van der Waals surface area contributed by atoms with Crippen molar-refractivity contribution in [2.45, 2.75) is 284 Å². The highest BCUT2D eigenvalue weighted by atomic mass is 16.6. The van der Waals surface area contributed by atoms with Crippen molar-refractivity contribution in [3.05, 3.63) is 72.9 Å². The first-order chi connectivity index (χ1) is 33.0. The lowest BCUT2D eigenvalue weighted by Gasteiger charge is -2.18. The average molecular weight is 936 g/mol. The van der Waals surface area contributed by atoms with Crippen LogP contribution in [0.3, 0.4) is 0 Å². The monoisotopic (exact) mass is 935 g/mol. The smallest absolute Gasteiger partial charge is 0.306 e. The number of carbonyl (C=O) groups is 3. The first-order valence-electron chi connectivity index (χ1n) is 28.4. The van der Waals surface area contributed by atoms with Crippen LogP contribution in [0.2, 0.25) is 0 Å². The fraction of sp³-hybridized carbons (Fsp3) is 0.754. The summed E-state index contributed by atoms with van der Waals surface area (Å²) in [4.78, 5) is 37.8. The summed E-state index contributed by atoms with van der Waals surface area (Å²) in [5, 5.41) is 0. The molecule has 0 heterocycles. The van der Waals surface area contributed by atoms with E-state index in [0.29, 0.717) is 19.3 Å². The summed E-state index contributed by atoms with van der Waals surface area (Å²) in [6.45, 7) is 6.46. The molecule has 0 aromatic carbocycles. The first-order valence-corrected chi connectivity index (χ1v) is 28.4. The van der Waals surface area contributed by atoms with Gasteiger partial charge in [0, 0.05) is 19.3 Å². The van der Waals surface area contributed by atoms with E-state index in [1.807, 2.05) is 0 Å². The van der Waals surface area contributed by atoms with Gasteiger partial charge in [-0.3, -0.25) is 14.4 Å². The molecule has 1 unspecified atom stereocenters. The van der Waals surface area contributed by atoms with Crippen molar-refractivity contribution in [1.29, 1.82) is 0 Å². The molecule has 6 heteroatoms. The van der Waals surface area contributed by atoms with E-state index in [4.69, 9.17) is 14.2 Å². The van der Waals surface area contributed by atoms with E-state index >= 15 is 0 Å². The molecule has 0 aromatic heterocycles. The predicted molar refractivity (Wildman–Crippen MR) is 288 cm³/mol. The van der Waals surface area contributed by atoms with Crippen LogP contribution in [0.1, 0.15) is 278 Å². The Morgan fingerprint density at radius 1 is 0.313 bits per heavy atom. The van der Waals surface area contributed by atoms with Crippen LogP contribution < -0.4 is 0 Å². The Kier molecular flexibility index (Phi) is 52.8. The van der Waals surface area contributed by atoms with Crippen LogP contribution in [0, 0.1) is 0 Å². The highest BCUT2D eigenvalue weighted by Crippen LogP contribution is 2.16. The highest BCUT2D eigenvalue weighted by molar-refractivity contribution is 5.71. The van der Waals surface area contributed by atoms with Crippen molar-refractivity contribution in [2.75, 3.05) is 13.2 Å². The molecule has 0 aliphatic heterocycles. The van der Waals surface area contributed by atoms with Crippen LogP contribution >= 0.6 is 0 Å². The van der Waals surface area contributed by atoms with E-state index in [1.54, 1.807) is 0 Å². The minimum atomic E-state index is -0.773. The molecule has 0 aliphatic carbocycles. The van der Waals surface area contributed by atoms with Gasteiger partial charge < -0.3 is 14.2 Å². The number of hydrogen-bond donors (Lipinski definition) is 0. The van der Waals surface area contributed by atoms with Gasteiger partial charge in [0.1, 0.15) is 13.2 Å². The maximum Gasteiger partial charge on any atom is 0.306 e. The molecule has 0 spiro atoms. The molecule has 0 aliphatic rings. The number of ether oxygens (including phenoxy) is 3. The van der Waals surface area contributed by atoms with Crippen LogP contribution in [0.4, 0.5) is 0 Å². The van der Waals surface area contributed by atoms with E-state index in [1.165, 1.54) is 128 Å². The van der Waals surface area contributed by atoms with Crippen molar-refractivity contribution >= 4 is 17.9 Å². The summed E-state index contributed by atoms with van der Waals surface area (Å²) in [5.74, 6) is -0.890. The van der Waals surface area contributed by atoms with Crippen LogP contribution in [0.5, 0.6) is 0 Å². The van der Waals surface area contributed by atoms with Crippen LogP contribution in [0.25, 0.3) is 0 Å². The molecule has 6 nitrogen and oxygen atoms in total. The molecule has 386 valence electrons. The summed E-state index contributed by atoms with van der Waals surface area (Å²) < 4.78 is 16.7. The number of unbranched alkanes of at least 4 members (excludes halogenated alkanes) is 28. The minimum absolute atomic E-state index is 0.0761. The lowest BCUT2D eigenvalue weighted by atomic mass is 10.0. The van der Waals surface area contributed by atoms with Crippen molar-refractivity contribution in [3.8, 4) is 0 Å². The van der Waals surface area contributed by atoms with Gasteiger partial charge in [-0.2, -0.15) is 0 Å². The Morgan fingerprint density at radius 2 is 0.582 bits per heavy atom. The normalized spacial score (nSPS) is 12.6. The molecular weight excluding hydrogens is 829 g/mol. The fourth-order valence-corrected chi connectivity index (χ4v) is 7.98. The predicted octanol–water partition coefficient (Wildman–Crippen LogP) is 19.0. The molecule has 0 aromatic rings. The summed E-state index contributed by atoms with van der Waals surface area (Å²) in [5.41, 5.74) is 0. The molecule has 0 rings (SSSR count). The summed E-state index contributed by atoms with van der Waals surface area (Å²) in [7, 11) is 0. The summed E-state index contributed by atoms with van der Waals surface area (Å²) >= 11 is 0.